The summed E-state index contributed by atoms with van der Waals surface area (Å²) < 4.78 is 13.4. The first-order valence-electron chi connectivity index (χ1n) is 11.1. The number of guanidine groups is 1. The van der Waals surface area contributed by atoms with Gasteiger partial charge in [0.05, 0.1) is 44.3 Å². The fourth-order valence-corrected chi connectivity index (χ4v) is 4.59. The van der Waals surface area contributed by atoms with Gasteiger partial charge in [0.25, 0.3) is 0 Å². The molecule has 1 N–H and O–H groups in total. The van der Waals surface area contributed by atoms with Gasteiger partial charge in [-0.3, -0.25) is 19.4 Å². The predicted octanol–water partition coefficient (Wildman–Crippen LogP) is 3.19. The van der Waals surface area contributed by atoms with Gasteiger partial charge in [0, 0.05) is 24.4 Å². The maximum Gasteiger partial charge on any atom is 0.216 e. The van der Waals surface area contributed by atoms with Crippen LogP contribution in [0.15, 0.2) is 71.9 Å². The third-order valence-electron chi connectivity index (χ3n) is 6.21. The lowest BCUT2D eigenvalue weighted by atomic mass is 10.1. The standard InChI is InChI=1S/C25H25N7O2/c1-33-18-10-11-19(22(13-18)34-2)23-29-24-27-15-30(14-17-7-5-6-12-26-17)16-31(24)25-28-20-8-3-4-9-21(20)32(23)25/h3-13,23H,14-16H2,1-2H3,(H,27,29)/t23-/m0/s1. The number of para-hydroxylation sites is 2. The molecule has 172 valence electrons. The van der Waals surface area contributed by atoms with Crippen molar-refractivity contribution >= 4 is 22.9 Å². The number of hydrogen-bond donors (Lipinski definition) is 1. The Bertz CT molecular complexity index is 1370. The Morgan fingerprint density at radius 3 is 2.74 bits per heavy atom. The van der Waals surface area contributed by atoms with Gasteiger partial charge in [-0.2, -0.15) is 0 Å². The third-order valence-corrected chi connectivity index (χ3v) is 6.21. The second kappa shape index (κ2) is 8.35. The molecular weight excluding hydrogens is 430 g/mol. The number of hydrogen-bond acceptors (Lipinski definition) is 8. The molecule has 2 aliphatic rings. The Hall–Kier alpha value is -4.11. The van der Waals surface area contributed by atoms with Crippen molar-refractivity contribution < 1.29 is 9.47 Å². The number of methoxy groups -OCH3 is 2. The second-order valence-electron chi connectivity index (χ2n) is 8.27. The van der Waals surface area contributed by atoms with Crippen LogP contribution >= 0.6 is 0 Å². The molecule has 2 aliphatic heterocycles. The van der Waals surface area contributed by atoms with Crippen LogP contribution in [0.3, 0.4) is 0 Å². The van der Waals surface area contributed by atoms with Crippen LogP contribution in [0.4, 0.5) is 5.95 Å². The van der Waals surface area contributed by atoms with Crippen LogP contribution in [-0.2, 0) is 6.54 Å². The molecule has 0 bridgehead atoms. The number of aromatic nitrogens is 3. The minimum Gasteiger partial charge on any atom is -0.497 e. The Morgan fingerprint density at radius 2 is 1.91 bits per heavy atom. The van der Waals surface area contributed by atoms with Gasteiger partial charge in [-0.15, -0.1) is 0 Å². The number of ether oxygens (including phenoxy) is 2. The lowest BCUT2D eigenvalue weighted by Gasteiger charge is -2.41. The average Bonchev–Trinajstić information content (AvgIpc) is 3.29. The van der Waals surface area contributed by atoms with Gasteiger partial charge in [-0.05, 0) is 36.4 Å². The predicted molar refractivity (Wildman–Crippen MR) is 130 cm³/mol. The third kappa shape index (κ3) is 3.41. The van der Waals surface area contributed by atoms with E-state index in [-0.39, 0.29) is 6.17 Å². The molecule has 0 amide bonds. The highest BCUT2D eigenvalue weighted by atomic mass is 16.5. The lowest BCUT2D eigenvalue weighted by molar-refractivity contribution is 0.260. The quantitative estimate of drug-likeness (QED) is 0.495. The van der Waals surface area contributed by atoms with Crippen molar-refractivity contribution in [1.29, 1.82) is 0 Å². The van der Waals surface area contributed by atoms with Crippen molar-refractivity contribution in [3.05, 3.63) is 78.1 Å². The molecule has 4 aromatic rings. The normalized spacial score (nSPS) is 17.5. The summed E-state index contributed by atoms with van der Waals surface area (Å²) in [6.07, 6.45) is 1.59. The first-order valence-corrected chi connectivity index (χ1v) is 11.1. The molecule has 34 heavy (non-hydrogen) atoms. The molecule has 0 unspecified atom stereocenters. The molecule has 0 saturated heterocycles. The summed E-state index contributed by atoms with van der Waals surface area (Å²) in [7, 11) is 3.33. The van der Waals surface area contributed by atoms with Crippen LogP contribution in [0.2, 0.25) is 0 Å². The number of nitrogens with one attached hydrogen (secondary N) is 1. The van der Waals surface area contributed by atoms with E-state index < -0.39 is 0 Å². The molecule has 6 rings (SSSR count). The van der Waals surface area contributed by atoms with Gasteiger partial charge in [0.2, 0.25) is 11.9 Å². The summed E-state index contributed by atoms with van der Waals surface area (Å²) >= 11 is 0. The molecule has 2 aromatic heterocycles. The van der Waals surface area contributed by atoms with Gasteiger partial charge < -0.3 is 14.8 Å². The molecule has 0 spiro atoms. The van der Waals surface area contributed by atoms with E-state index in [1.165, 1.54) is 0 Å². The van der Waals surface area contributed by atoms with Crippen molar-refractivity contribution in [2.24, 2.45) is 4.99 Å². The van der Waals surface area contributed by atoms with Crippen molar-refractivity contribution in [3.8, 4) is 11.5 Å². The van der Waals surface area contributed by atoms with E-state index in [2.05, 4.69) is 30.7 Å². The van der Waals surface area contributed by atoms with Gasteiger partial charge in [-0.25, -0.2) is 9.98 Å². The lowest BCUT2D eigenvalue weighted by Crippen LogP contribution is -2.57. The summed E-state index contributed by atoms with van der Waals surface area (Å²) in [4.78, 5) is 18.7. The Kier molecular flexibility index (Phi) is 5.03. The first-order chi connectivity index (χ1) is 16.7. The zero-order valence-electron chi connectivity index (χ0n) is 19.0. The molecule has 0 fully saturated rings. The van der Waals surface area contributed by atoms with E-state index in [4.69, 9.17) is 19.5 Å². The van der Waals surface area contributed by atoms with Crippen LogP contribution in [0.5, 0.6) is 11.5 Å². The molecule has 4 heterocycles. The molecule has 0 saturated carbocycles. The maximum absolute atomic E-state index is 5.74. The zero-order valence-corrected chi connectivity index (χ0v) is 19.0. The topological polar surface area (TPSA) is 80.0 Å². The van der Waals surface area contributed by atoms with Crippen molar-refractivity contribution in [3.63, 3.8) is 0 Å². The molecule has 0 radical (unpaired) electrons. The van der Waals surface area contributed by atoms with Crippen LogP contribution in [0.25, 0.3) is 11.0 Å². The highest BCUT2D eigenvalue weighted by Crippen LogP contribution is 2.38. The highest BCUT2D eigenvalue weighted by molar-refractivity contribution is 5.99. The van der Waals surface area contributed by atoms with Crippen molar-refractivity contribution in [2.75, 3.05) is 32.5 Å². The van der Waals surface area contributed by atoms with Crippen molar-refractivity contribution in [2.45, 2.75) is 12.7 Å². The molecule has 9 nitrogen and oxygen atoms in total. The Morgan fingerprint density at radius 1 is 1.03 bits per heavy atom. The first kappa shape index (κ1) is 20.5. The van der Waals surface area contributed by atoms with Gasteiger partial charge >= 0.3 is 0 Å². The average molecular weight is 456 g/mol. The molecule has 0 aliphatic carbocycles. The number of pyridine rings is 1. The molecule has 1 atom stereocenters. The van der Waals surface area contributed by atoms with E-state index in [9.17, 15) is 0 Å². The van der Waals surface area contributed by atoms with E-state index in [1.54, 1.807) is 14.2 Å². The van der Waals surface area contributed by atoms with Gasteiger partial charge in [0.15, 0.2) is 0 Å². The van der Waals surface area contributed by atoms with Crippen LogP contribution in [-0.4, -0.2) is 53.0 Å². The van der Waals surface area contributed by atoms with Crippen molar-refractivity contribution in [1.82, 2.24) is 24.8 Å². The Balaban J connectivity index is 1.44. The summed E-state index contributed by atoms with van der Waals surface area (Å²) in [5, 5.41) is 3.64. The zero-order chi connectivity index (χ0) is 23.1. The smallest absolute Gasteiger partial charge is 0.216 e. The largest absolute Gasteiger partial charge is 0.497 e. The fraction of sp³-hybridized carbons (Fsp3) is 0.240. The Labute approximate surface area is 197 Å². The summed E-state index contributed by atoms with van der Waals surface area (Å²) in [5.74, 6) is 3.12. The number of benzene rings is 2. The van der Waals surface area contributed by atoms with Crippen LogP contribution in [0, 0.1) is 0 Å². The molecule has 9 heteroatoms. The SMILES string of the molecule is COc1ccc([C@H]2NC3=NCN(Cc4ccccn4)CN3c3nc4ccccc4n32)c(OC)c1. The second-order valence-corrected chi connectivity index (χ2v) is 8.27. The number of imidazole rings is 1. The summed E-state index contributed by atoms with van der Waals surface area (Å²) in [5.41, 5.74) is 3.96. The van der Waals surface area contributed by atoms with Gasteiger partial charge in [0.1, 0.15) is 17.7 Å². The van der Waals surface area contributed by atoms with E-state index >= 15 is 0 Å². The summed E-state index contributed by atoms with van der Waals surface area (Å²) in [6.45, 7) is 1.93. The maximum atomic E-state index is 5.74. The highest BCUT2D eigenvalue weighted by Gasteiger charge is 2.37. The van der Waals surface area contributed by atoms with Crippen LogP contribution in [0.1, 0.15) is 17.4 Å². The fourth-order valence-electron chi connectivity index (χ4n) is 4.59. The van der Waals surface area contributed by atoms with E-state index in [0.717, 1.165) is 45.7 Å². The van der Waals surface area contributed by atoms with Crippen LogP contribution < -0.4 is 19.7 Å². The number of fused-ring (bicyclic) bond motifs is 5. The number of nitrogens with zero attached hydrogens (tertiary/aromatic N) is 6. The summed E-state index contributed by atoms with van der Waals surface area (Å²) in [6, 6.07) is 20.0. The number of aliphatic imine (C=N–C) groups is 1. The van der Waals surface area contributed by atoms with Gasteiger partial charge in [-0.1, -0.05) is 18.2 Å². The van der Waals surface area contributed by atoms with E-state index in [1.807, 2.05) is 60.8 Å². The minimum absolute atomic E-state index is 0.236. The number of anilines is 1. The molecule has 2 aromatic carbocycles. The monoisotopic (exact) mass is 455 g/mol. The number of rotatable bonds is 5. The van der Waals surface area contributed by atoms with E-state index in [0.29, 0.717) is 19.9 Å². The molecular formula is C25H25N7O2. The minimum atomic E-state index is -0.236.